The maximum Gasteiger partial charge on any atom is 1.00 e. The smallest absolute Gasteiger partial charge is 1.00 e. The van der Waals surface area contributed by atoms with Gasteiger partial charge in [0.25, 0.3) is 11.9 Å². The molecule has 0 atom stereocenters. The fourth-order valence-electron chi connectivity index (χ4n) is 0.151. The van der Waals surface area contributed by atoms with Crippen LogP contribution in [0.1, 0.15) is 15.3 Å². The number of nitrogens with one attached hydrogen (secondary N) is 1. The molecule has 8 heteroatoms. The molecule has 0 fully saturated rings. The molecule has 4 N–H and O–H groups in total. The van der Waals surface area contributed by atoms with E-state index in [9.17, 15) is 4.79 Å². The van der Waals surface area contributed by atoms with Gasteiger partial charge in [-0.2, -0.15) is 0 Å². The molecule has 0 aromatic carbocycles. The molecule has 0 aliphatic carbocycles. The molecular formula is C7H16NNaO6. The topological polar surface area (TPSA) is 124 Å². The van der Waals surface area contributed by atoms with Gasteiger partial charge in [0.05, 0.1) is 6.54 Å². The molecule has 0 saturated carbocycles. The molecule has 7 nitrogen and oxygen atoms in total. The third-order valence-corrected chi connectivity index (χ3v) is 0.328. The Morgan fingerprint density at radius 3 is 1.27 bits per heavy atom. The van der Waals surface area contributed by atoms with Crippen molar-refractivity contribution < 1.29 is 60.7 Å². The molecule has 0 aromatic rings. The minimum absolute atomic E-state index is 0. The van der Waals surface area contributed by atoms with Crippen LogP contribution in [0.5, 0.6) is 0 Å². The van der Waals surface area contributed by atoms with E-state index in [4.69, 9.17) is 24.9 Å². The third-order valence-electron chi connectivity index (χ3n) is 0.328. The first-order chi connectivity index (χ1) is 6.23. The van der Waals surface area contributed by atoms with Crippen LogP contribution in [-0.4, -0.2) is 46.8 Å². The van der Waals surface area contributed by atoms with Gasteiger partial charge < -0.3 is 22.1 Å². The van der Waals surface area contributed by atoms with E-state index in [-0.39, 0.29) is 37.5 Å². The van der Waals surface area contributed by atoms with Crippen molar-refractivity contribution in [3.63, 3.8) is 0 Å². The Morgan fingerprint density at radius 1 is 1.07 bits per heavy atom. The Labute approximate surface area is 111 Å². The van der Waals surface area contributed by atoms with E-state index in [1.54, 1.807) is 7.05 Å². The summed E-state index contributed by atoms with van der Waals surface area (Å²) in [7, 11) is 1.59. The Bertz CT molecular complexity index is 170. The number of carbonyl (C=O) groups is 3. The molecule has 0 radical (unpaired) electrons. The maximum atomic E-state index is 9.54. The predicted molar refractivity (Wildman–Crippen MR) is 49.3 cm³/mol. The zero-order chi connectivity index (χ0) is 12.1. The van der Waals surface area contributed by atoms with Gasteiger partial charge in [-0.05, 0) is 7.05 Å². The van der Waals surface area contributed by atoms with Gasteiger partial charge in [0.1, 0.15) is 0 Å². The van der Waals surface area contributed by atoms with E-state index in [0.29, 0.717) is 0 Å². The number of likely N-dealkylation sites (N-methyl/N-ethyl adjacent to an activating group) is 1. The zero-order valence-corrected chi connectivity index (χ0v) is 11.3. The van der Waals surface area contributed by atoms with Crippen LogP contribution in [0.25, 0.3) is 0 Å². The van der Waals surface area contributed by atoms with Crippen LogP contribution < -0.4 is 34.9 Å². The van der Waals surface area contributed by atoms with Crippen molar-refractivity contribution in [2.24, 2.45) is 0 Å². The Balaban J connectivity index is -0.0000000367. The van der Waals surface area contributed by atoms with Crippen LogP contribution in [0, 0.1) is 0 Å². The SMILES string of the molecule is CC(=O)O.CC(=O)O.CNCC(=O)O.[H-].[Na+]. The molecule has 0 unspecified atom stereocenters. The molecule has 0 rings (SSSR count). The van der Waals surface area contributed by atoms with Crippen LogP contribution in [-0.2, 0) is 14.4 Å². The number of aliphatic carboxylic acids is 3. The number of hydrogen-bond donors (Lipinski definition) is 4. The van der Waals surface area contributed by atoms with E-state index in [1.165, 1.54) is 0 Å². The Hall–Kier alpha value is -0.630. The molecule has 0 amide bonds. The molecule has 86 valence electrons. The summed E-state index contributed by atoms with van der Waals surface area (Å²) in [6, 6.07) is 0. The molecule has 0 aromatic heterocycles. The Morgan fingerprint density at radius 2 is 1.27 bits per heavy atom. The predicted octanol–water partition coefficient (Wildman–Crippen LogP) is -3.41. The summed E-state index contributed by atoms with van der Waals surface area (Å²) in [5, 5.41) is 25.2. The number of carboxylic acids is 3. The molecule has 0 aliphatic heterocycles. The minimum atomic E-state index is -0.833. The van der Waals surface area contributed by atoms with Crippen molar-refractivity contribution in [3.8, 4) is 0 Å². The molecular weight excluding hydrogens is 217 g/mol. The molecule has 0 saturated heterocycles. The number of carboxylic acid groups (broad SMARTS) is 3. The average molecular weight is 233 g/mol. The molecule has 0 spiro atoms. The van der Waals surface area contributed by atoms with Crippen molar-refractivity contribution in [2.45, 2.75) is 13.8 Å². The van der Waals surface area contributed by atoms with Crippen LogP contribution in [0.3, 0.4) is 0 Å². The standard InChI is InChI=1S/C3H7NO2.2C2H4O2.Na.H/c1-4-2-3(5)6;2*1-2(3)4;;/h4H,2H2,1H3,(H,5,6);2*1H3,(H,3,4);;/q;;;+1;-1. The quantitative estimate of drug-likeness (QED) is 0.366. The van der Waals surface area contributed by atoms with Gasteiger partial charge in [-0.25, -0.2) is 0 Å². The molecule has 0 heterocycles. The number of hydrogen-bond acceptors (Lipinski definition) is 4. The fraction of sp³-hybridized carbons (Fsp3) is 0.571. The van der Waals surface area contributed by atoms with E-state index < -0.39 is 17.9 Å². The van der Waals surface area contributed by atoms with Gasteiger partial charge in [-0.1, -0.05) is 0 Å². The summed E-state index contributed by atoms with van der Waals surface area (Å²) in [6.07, 6.45) is 0. The average Bonchev–Trinajstić information content (AvgIpc) is 1.82. The third kappa shape index (κ3) is 308. The van der Waals surface area contributed by atoms with Gasteiger partial charge in [-0.15, -0.1) is 0 Å². The minimum Gasteiger partial charge on any atom is -1.00 e. The van der Waals surface area contributed by atoms with Crippen molar-refractivity contribution >= 4 is 17.9 Å². The first-order valence-electron chi connectivity index (χ1n) is 3.49. The second kappa shape index (κ2) is 19.0. The van der Waals surface area contributed by atoms with Gasteiger partial charge in [0, 0.05) is 13.8 Å². The molecule has 15 heavy (non-hydrogen) atoms. The van der Waals surface area contributed by atoms with E-state index in [1.807, 2.05) is 0 Å². The first-order valence-corrected chi connectivity index (χ1v) is 3.49. The normalized spacial score (nSPS) is 6.60. The Kier molecular flexibility index (Phi) is 30.3. The van der Waals surface area contributed by atoms with Crippen molar-refractivity contribution in [2.75, 3.05) is 13.6 Å². The zero-order valence-electron chi connectivity index (χ0n) is 10.3. The van der Waals surface area contributed by atoms with E-state index in [2.05, 4.69) is 5.32 Å². The van der Waals surface area contributed by atoms with Gasteiger partial charge in [0.2, 0.25) is 0 Å². The molecule has 0 bridgehead atoms. The fourth-order valence-corrected chi connectivity index (χ4v) is 0.151. The van der Waals surface area contributed by atoms with Crippen LogP contribution in [0.2, 0.25) is 0 Å². The second-order valence-electron chi connectivity index (χ2n) is 1.96. The van der Waals surface area contributed by atoms with E-state index in [0.717, 1.165) is 13.8 Å². The van der Waals surface area contributed by atoms with E-state index >= 15 is 0 Å². The summed E-state index contributed by atoms with van der Waals surface area (Å²) in [5.41, 5.74) is 0. The van der Waals surface area contributed by atoms with Crippen molar-refractivity contribution in [1.82, 2.24) is 5.32 Å². The summed E-state index contributed by atoms with van der Waals surface area (Å²) >= 11 is 0. The van der Waals surface area contributed by atoms with Gasteiger partial charge in [0.15, 0.2) is 0 Å². The van der Waals surface area contributed by atoms with Crippen LogP contribution in [0.15, 0.2) is 0 Å². The van der Waals surface area contributed by atoms with Crippen LogP contribution in [0.4, 0.5) is 0 Å². The van der Waals surface area contributed by atoms with Crippen molar-refractivity contribution in [3.05, 3.63) is 0 Å². The maximum absolute atomic E-state index is 9.54. The largest absolute Gasteiger partial charge is 1.00 e. The second-order valence-corrected chi connectivity index (χ2v) is 1.96. The van der Waals surface area contributed by atoms with Gasteiger partial charge in [-0.3, -0.25) is 14.4 Å². The summed E-state index contributed by atoms with van der Waals surface area (Å²) in [4.78, 5) is 27.5. The first kappa shape index (κ1) is 23.9. The van der Waals surface area contributed by atoms with Crippen molar-refractivity contribution in [1.29, 1.82) is 0 Å². The summed E-state index contributed by atoms with van der Waals surface area (Å²) < 4.78 is 0. The molecule has 0 aliphatic rings. The number of rotatable bonds is 2. The summed E-state index contributed by atoms with van der Waals surface area (Å²) in [5.74, 6) is -2.49. The van der Waals surface area contributed by atoms with Gasteiger partial charge >= 0.3 is 35.5 Å². The monoisotopic (exact) mass is 233 g/mol. The summed E-state index contributed by atoms with van der Waals surface area (Å²) in [6.45, 7) is 2.21. The van der Waals surface area contributed by atoms with Crippen LogP contribution >= 0.6 is 0 Å².